The molecule has 1 amide bonds. The van der Waals surface area contributed by atoms with Crippen LogP contribution in [-0.2, 0) is 14.0 Å². The molecule has 5 nitrogen and oxygen atoms in total. The van der Waals surface area contributed by atoms with E-state index in [0.29, 0.717) is 11.8 Å². The molecule has 0 N–H and O–H groups in total. The molecule has 1 saturated heterocycles. The highest BCUT2D eigenvalue weighted by Gasteiger charge is 2.69. The van der Waals surface area contributed by atoms with E-state index < -0.39 is 20.8 Å². The summed E-state index contributed by atoms with van der Waals surface area (Å²) in [5.41, 5.74) is 1.67. The Morgan fingerprint density at radius 3 is 1.95 bits per heavy atom. The van der Waals surface area contributed by atoms with E-state index in [1.807, 2.05) is 41.3 Å². The zero-order valence-corrected chi connectivity index (χ0v) is 25.3. The van der Waals surface area contributed by atoms with Gasteiger partial charge in [-0.05, 0) is 62.0 Å². The Labute approximate surface area is 230 Å². The van der Waals surface area contributed by atoms with Gasteiger partial charge in [-0.2, -0.15) is 0 Å². The van der Waals surface area contributed by atoms with E-state index in [2.05, 4.69) is 78.5 Å². The number of rotatable bonds is 7. The topological polar surface area (TPSA) is 48.0 Å². The molecule has 0 radical (unpaired) electrons. The lowest BCUT2D eigenvalue weighted by molar-refractivity contribution is -0.199. The first kappa shape index (κ1) is 27.5. The highest BCUT2D eigenvalue weighted by atomic mass is 28.3. The van der Waals surface area contributed by atoms with Gasteiger partial charge in [0.15, 0.2) is 0 Å². The molecule has 0 aromatic heterocycles. The first-order valence-electron chi connectivity index (χ1n) is 14.3. The number of hydrogen-bond acceptors (Lipinski definition) is 4. The monoisotopic (exact) mass is 533 g/mol. The number of hydrogen-bond donors (Lipinski definition) is 0. The first-order valence-corrected chi connectivity index (χ1v) is 17.8. The molecule has 2 bridgehead atoms. The van der Waals surface area contributed by atoms with Crippen molar-refractivity contribution >= 4 is 21.3 Å². The minimum atomic E-state index is -2.05. The van der Waals surface area contributed by atoms with Crippen LogP contribution in [0.15, 0.2) is 60.7 Å². The van der Waals surface area contributed by atoms with Gasteiger partial charge < -0.3 is 14.0 Å². The van der Waals surface area contributed by atoms with Crippen LogP contribution in [0, 0.1) is 17.3 Å². The molecule has 6 rings (SSSR count). The molecule has 4 fully saturated rings. The standard InChI is InChI=1S/C31H44BNO4Si/c1-21(23-15-11-9-12-16-23)33(22(2)24-17-13-10-14-18-24)29(34)35-28(38(6,7)8)32-36-27-20-25-19-26(30(25,3)4)31(27,5)37-32/h9-18,21-22,25-28H,19-20H2,1-8H3/t21-,22-,25-,26-,27+,28-,31-/m0/s1. The van der Waals surface area contributed by atoms with Crippen LogP contribution < -0.4 is 0 Å². The summed E-state index contributed by atoms with van der Waals surface area (Å²) in [4.78, 5) is 16.0. The highest BCUT2D eigenvalue weighted by Crippen LogP contribution is 2.65. The van der Waals surface area contributed by atoms with E-state index in [0.717, 1.165) is 17.5 Å². The average Bonchev–Trinajstić information content (AvgIpc) is 3.24. The van der Waals surface area contributed by atoms with Crippen molar-refractivity contribution in [3.63, 3.8) is 0 Å². The first-order chi connectivity index (χ1) is 17.8. The maximum atomic E-state index is 14.2. The summed E-state index contributed by atoms with van der Waals surface area (Å²) in [6, 6.07) is 20.0. The summed E-state index contributed by atoms with van der Waals surface area (Å²) in [5.74, 6) is 1.14. The normalized spacial score (nSPS) is 30.0. The number of amides is 1. The Hall–Kier alpha value is -2.09. The molecule has 4 aliphatic rings. The molecular weight excluding hydrogens is 489 g/mol. The van der Waals surface area contributed by atoms with Gasteiger partial charge >= 0.3 is 13.2 Å². The van der Waals surface area contributed by atoms with Gasteiger partial charge in [-0.15, -0.1) is 0 Å². The van der Waals surface area contributed by atoms with Gasteiger partial charge in [0.2, 0.25) is 0 Å². The van der Waals surface area contributed by atoms with Crippen LogP contribution in [0.4, 0.5) is 4.79 Å². The fourth-order valence-corrected chi connectivity index (χ4v) is 8.69. The molecule has 38 heavy (non-hydrogen) atoms. The number of benzene rings is 2. The van der Waals surface area contributed by atoms with Crippen LogP contribution in [0.25, 0.3) is 0 Å². The van der Waals surface area contributed by atoms with Gasteiger partial charge in [0, 0.05) is 0 Å². The van der Waals surface area contributed by atoms with Crippen molar-refractivity contribution < 1.29 is 18.8 Å². The summed E-state index contributed by atoms with van der Waals surface area (Å²) in [5, 5.41) is 0. The van der Waals surface area contributed by atoms with Crippen molar-refractivity contribution in [3.8, 4) is 0 Å². The van der Waals surface area contributed by atoms with Gasteiger partial charge in [-0.3, -0.25) is 4.90 Å². The quantitative estimate of drug-likeness (QED) is 0.347. The Bertz CT molecular complexity index is 1090. The molecule has 2 aromatic rings. The zero-order chi connectivity index (χ0) is 27.5. The van der Waals surface area contributed by atoms with Crippen LogP contribution >= 0.6 is 0 Å². The summed E-state index contributed by atoms with van der Waals surface area (Å²) in [7, 11) is -2.58. The number of carbonyl (C=O) groups excluding carboxylic acids is 1. The second-order valence-corrected chi connectivity index (χ2v) is 18.9. The van der Waals surface area contributed by atoms with E-state index in [9.17, 15) is 4.79 Å². The molecule has 1 aliphatic heterocycles. The Morgan fingerprint density at radius 1 is 0.947 bits per heavy atom. The third kappa shape index (κ3) is 4.65. The van der Waals surface area contributed by atoms with E-state index in [-0.39, 0.29) is 35.3 Å². The molecule has 2 aromatic carbocycles. The van der Waals surface area contributed by atoms with Crippen LogP contribution in [-0.4, -0.2) is 43.5 Å². The van der Waals surface area contributed by atoms with E-state index >= 15 is 0 Å². The van der Waals surface area contributed by atoms with Gasteiger partial charge in [0.25, 0.3) is 0 Å². The van der Waals surface area contributed by atoms with Gasteiger partial charge in [-0.25, -0.2) is 4.79 Å². The van der Waals surface area contributed by atoms with Crippen molar-refractivity contribution in [2.45, 2.75) is 96.5 Å². The van der Waals surface area contributed by atoms with Gasteiger partial charge in [-0.1, -0.05) is 94.2 Å². The van der Waals surface area contributed by atoms with E-state index in [1.54, 1.807) is 0 Å². The molecule has 7 atom stereocenters. The lowest BCUT2D eigenvalue weighted by Crippen LogP contribution is -2.65. The molecule has 0 spiro atoms. The van der Waals surface area contributed by atoms with Crippen molar-refractivity contribution in [2.24, 2.45) is 17.3 Å². The van der Waals surface area contributed by atoms with Crippen molar-refractivity contribution in [3.05, 3.63) is 71.8 Å². The predicted molar refractivity (Wildman–Crippen MR) is 155 cm³/mol. The third-order valence-electron chi connectivity index (χ3n) is 9.91. The molecule has 1 heterocycles. The third-order valence-corrected chi connectivity index (χ3v) is 12.0. The van der Waals surface area contributed by atoms with Crippen molar-refractivity contribution in [1.29, 1.82) is 0 Å². The largest absolute Gasteiger partial charge is 0.497 e. The van der Waals surface area contributed by atoms with Crippen LogP contribution in [0.1, 0.15) is 70.7 Å². The summed E-state index contributed by atoms with van der Waals surface area (Å²) >= 11 is 0. The minimum Gasteiger partial charge on any atom is -0.452 e. The minimum absolute atomic E-state index is 0.0596. The fourth-order valence-electron chi connectivity index (χ4n) is 7.27. The van der Waals surface area contributed by atoms with Gasteiger partial charge in [0.05, 0.1) is 31.9 Å². The molecule has 204 valence electrons. The Morgan fingerprint density at radius 2 is 1.47 bits per heavy atom. The SMILES string of the molecule is C[C@@H](c1ccccc1)N(C(=O)O[C@H](B1O[C@@H]2C[C@@H]3C[C@@H](C3(C)C)[C@]2(C)O1)[Si](C)(C)C)[C@@H](C)c1ccccc1. The van der Waals surface area contributed by atoms with Crippen molar-refractivity contribution in [1.82, 2.24) is 4.90 Å². The number of nitrogens with zero attached hydrogens (tertiary/aromatic N) is 1. The van der Waals surface area contributed by atoms with Crippen molar-refractivity contribution in [2.75, 3.05) is 0 Å². The fraction of sp³-hybridized carbons (Fsp3) is 0.581. The molecule has 3 aliphatic carbocycles. The average molecular weight is 534 g/mol. The molecular formula is C31H44BNO4Si. The Balaban J connectivity index is 1.42. The lowest BCUT2D eigenvalue weighted by Gasteiger charge is -2.64. The van der Waals surface area contributed by atoms with Gasteiger partial charge in [0.1, 0.15) is 5.63 Å². The lowest BCUT2D eigenvalue weighted by atomic mass is 9.43. The molecule has 7 heteroatoms. The van der Waals surface area contributed by atoms with Crippen LogP contribution in [0.3, 0.4) is 0 Å². The summed E-state index contributed by atoms with van der Waals surface area (Å²) in [6.07, 6.45) is 1.96. The second-order valence-electron chi connectivity index (χ2n) is 13.6. The number of carbonyl (C=O) groups is 1. The maximum absolute atomic E-state index is 14.2. The smallest absolute Gasteiger partial charge is 0.452 e. The second kappa shape index (κ2) is 9.83. The van der Waals surface area contributed by atoms with Crippen LogP contribution in [0.5, 0.6) is 0 Å². The Kier molecular flexibility index (Phi) is 7.11. The molecule has 3 saturated carbocycles. The predicted octanol–water partition coefficient (Wildman–Crippen LogP) is 7.46. The number of ether oxygens (including phenoxy) is 1. The maximum Gasteiger partial charge on any atom is 0.497 e. The van der Waals surface area contributed by atoms with E-state index in [4.69, 9.17) is 14.0 Å². The summed E-state index contributed by atoms with van der Waals surface area (Å²) in [6.45, 7) is 17.8. The van der Waals surface area contributed by atoms with Crippen LogP contribution in [0.2, 0.25) is 19.6 Å². The highest BCUT2D eigenvalue weighted by molar-refractivity contribution is 6.86. The summed E-state index contributed by atoms with van der Waals surface area (Å²) < 4.78 is 20.0. The molecule has 0 unspecified atom stereocenters. The van der Waals surface area contributed by atoms with E-state index in [1.165, 1.54) is 6.42 Å². The zero-order valence-electron chi connectivity index (χ0n) is 24.3.